The molecule has 6 nitrogen and oxygen atoms in total. The van der Waals surface area contributed by atoms with E-state index in [2.05, 4.69) is 4.98 Å². The third-order valence-electron chi connectivity index (χ3n) is 3.73. The maximum atomic E-state index is 9.84. The molecule has 0 amide bonds. The molecule has 0 unspecified atom stereocenters. The van der Waals surface area contributed by atoms with Crippen LogP contribution in [-0.2, 0) is 16.1 Å². The highest BCUT2D eigenvalue weighted by Crippen LogP contribution is 2.36. The number of nitrogens with zero attached hydrogens (tertiary/aromatic N) is 2. The van der Waals surface area contributed by atoms with Crippen LogP contribution >= 0.6 is 0 Å². The minimum atomic E-state index is -0.575. The summed E-state index contributed by atoms with van der Waals surface area (Å²) in [7, 11) is 1.63. The summed E-state index contributed by atoms with van der Waals surface area (Å²) < 4.78 is 18.5. The average molecular weight is 262 g/mol. The summed E-state index contributed by atoms with van der Waals surface area (Å²) in [6.45, 7) is 0.684. The molecule has 0 bridgehead atoms. The number of hydrogen-bond acceptors (Lipinski definition) is 5. The zero-order valence-corrected chi connectivity index (χ0v) is 10.4. The Hall–Kier alpha value is -1.63. The maximum absolute atomic E-state index is 9.84. The van der Waals surface area contributed by atoms with Crippen LogP contribution in [0.5, 0.6) is 5.75 Å². The van der Waals surface area contributed by atoms with Crippen LogP contribution in [0.1, 0.15) is 12.1 Å². The first-order valence-electron chi connectivity index (χ1n) is 6.24. The zero-order chi connectivity index (χ0) is 13.0. The van der Waals surface area contributed by atoms with Crippen molar-refractivity contribution in [3.05, 3.63) is 24.0 Å². The van der Waals surface area contributed by atoms with Crippen LogP contribution in [0.4, 0.5) is 0 Å². The van der Waals surface area contributed by atoms with E-state index in [1.165, 1.54) is 0 Å². The van der Waals surface area contributed by atoms with Gasteiger partial charge >= 0.3 is 0 Å². The van der Waals surface area contributed by atoms with Crippen molar-refractivity contribution in [2.24, 2.45) is 0 Å². The van der Waals surface area contributed by atoms with E-state index >= 15 is 0 Å². The third kappa shape index (κ3) is 1.51. The van der Waals surface area contributed by atoms with Gasteiger partial charge in [-0.25, -0.2) is 4.98 Å². The molecule has 0 radical (unpaired) electrons. The minimum Gasteiger partial charge on any atom is -0.497 e. The lowest BCUT2D eigenvalue weighted by atomic mass is 10.2. The summed E-state index contributed by atoms with van der Waals surface area (Å²) in [6, 6.07) is 5.75. The molecule has 0 saturated carbocycles. The van der Waals surface area contributed by atoms with Crippen LogP contribution in [0.15, 0.2) is 18.2 Å². The van der Waals surface area contributed by atoms with Crippen molar-refractivity contribution in [3.8, 4) is 5.75 Å². The highest BCUT2D eigenvalue weighted by atomic mass is 16.6. The molecular formula is C13H14N2O4. The van der Waals surface area contributed by atoms with E-state index in [1.54, 1.807) is 7.11 Å². The van der Waals surface area contributed by atoms with Gasteiger partial charge in [0.15, 0.2) is 6.23 Å². The summed E-state index contributed by atoms with van der Waals surface area (Å²) in [6.07, 6.45) is -1.18. The SMILES string of the molecule is COc1ccc2c(c1)nc1n2[C@H]2OC[C@@H](O)[C@H]2OC1. The molecule has 1 aromatic heterocycles. The van der Waals surface area contributed by atoms with Gasteiger partial charge in [-0.15, -0.1) is 0 Å². The van der Waals surface area contributed by atoms with Gasteiger partial charge in [0.1, 0.15) is 30.4 Å². The first kappa shape index (κ1) is 11.2. The summed E-state index contributed by atoms with van der Waals surface area (Å²) in [5.41, 5.74) is 1.83. The van der Waals surface area contributed by atoms with Crippen LogP contribution in [0.3, 0.4) is 0 Å². The Kier molecular flexibility index (Phi) is 2.32. The van der Waals surface area contributed by atoms with Crippen molar-refractivity contribution >= 4 is 11.0 Å². The zero-order valence-electron chi connectivity index (χ0n) is 10.4. The van der Waals surface area contributed by atoms with E-state index in [-0.39, 0.29) is 12.3 Å². The summed E-state index contributed by atoms with van der Waals surface area (Å²) in [5.74, 6) is 1.59. The molecule has 1 fully saturated rings. The van der Waals surface area contributed by atoms with Crippen molar-refractivity contribution in [3.63, 3.8) is 0 Å². The lowest BCUT2D eigenvalue weighted by Gasteiger charge is -2.28. The summed E-state index contributed by atoms with van der Waals surface area (Å²) in [4.78, 5) is 4.54. The van der Waals surface area contributed by atoms with Crippen LogP contribution in [-0.4, -0.2) is 40.6 Å². The molecule has 0 aliphatic carbocycles. The quantitative estimate of drug-likeness (QED) is 0.824. The number of imidazole rings is 1. The highest BCUT2D eigenvalue weighted by molar-refractivity contribution is 5.78. The van der Waals surface area contributed by atoms with Crippen LogP contribution < -0.4 is 4.74 Å². The van der Waals surface area contributed by atoms with Gasteiger partial charge in [0.25, 0.3) is 0 Å². The topological polar surface area (TPSA) is 65.7 Å². The maximum Gasteiger partial charge on any atom is 0.164 e. The minimum absolute atomic E-state index is 0.294. The molecule has 6 heteroatoms. The Morgan fingerprint density at radius 1 is 1.42 bits per heavy atom. The second-order valence-electron chi connectivity index (χ2n) is 4.82. The predicted molar refractivity (Wildman–Crippen MR) is 65.9 cm³/mol. The molecule has 3 atom stereocenters. The Morgan fingerprint density at radius 2 is 2.32 bits per heavy atom. The van der Waals surface area contributed by atoms with Crippen molar-refractivity contribution in [1.82, 2.24) is 9.55 Å². The Balaban J connectivity index is 1.89. The van der Waals surface area contributed by atoms with Gasteiger partial charge in [-0.2, -0.15) is 0 Å². The van der Waals surface area contributed by atoms with Crippen molar-refractivity contribution in [1.29, 1.82) is 0 Å². The van der Waals surface area contributed by atoms with Crippen LogP contribution in [0.2, 0.25) is 0 Å². The lowest BCUT2D eigenvalue weighted by Crippen LogP contribution is -2.36. The van der Waals surface area contributed by atoms with Gasteiger partial charge in [0, 0.05) is 6.07 Å². The number of hydrogen-bond donors (Lipinski definition) is 1. The second kappa shape index (κ2) is 3.93. The number of aliphatic hydroxyl groups excluding tert-OH is 1. The monoisotopic (exact) mass is 262 g/mol. The average Bonchev–Trinajstić information content (AvgIpc) is 2.98. The van der Waals surface area contributed by atoms with Crippen molar-refractivity contribution in [2.45, 2.75) is 25.0 Å². The van der Waals surface area contributed by atoms with E-state index < -0.39 is 6.10 Å². The molecular weight excluding hydrogens is 248 g/mol. The van der Waals surface area contributed by atoms with E-state index in [0.29, 0.717) is 13.2 Å². The summed E-state index contributed by atoms with van der Waals surface area (Å²) >= 11 is 0. The fourth-order valence-corrected chi connectivity index (χ4v) is 2.80. The van der Waals surface area contributed by atoms with Gasteiger partial charge in [-0.3, -0.25) is 4.57 Å². The Bertz CT molecular complexity index is 639. The van der Waals surface area contributed by atoms with Crippen molar-refractivity contribution < 1.29 is 19.3 Å². The molecule has 1 N–H and O–H groups in total. The summed E-state index contributed by atoms with van der Waals surface area (Å²) in [5, 5.41) is 9.84. The second-order valence-corrected chi connectivity index (χ2v) is 4.82. The third-order valence-corrected chi connectivity index (χ3v) is 3.73. The molecule has 1 aromatic carbocycles. The van der Waals surface area contributed by atoms with Crippen molar-refractivity contribution in [2.75, 3.05) is 13.7 Å². The molecule has 100 valence electrons. The normalized spacial score (nSPS) is 29.3. The fraction of sp³-hybridized carbons (Fsp3) is 0.462. The van der Waals surface area contributed by atoms with E-state index in [1.807, 2.05) is 22.8 Å². The van der Waals surface area contributed by atoms with Gasteiger partial charge in [0.05, 0.1) is 24.8 Å². The fourth-order valence-electron chi connectivity index (χ4n) is 2.80. The Morgan fingerprint density at radius 3 is 3.16 bits per heavy atom. The predicted octanol–water partition coefficient (Wildman–Crippen LogP) is 0.833. The number of benzene rings is 1. The Labute approximate surface area is 109 Å². The van der Waals surface area contributed by atoms with Gasteiger partial charge in [-0.05, 0) is 12.1 Å². The smallest absolute Gasteiger partial charge is 0.164 e. The standard InChI is InChI=1S/C13H14N2O4/c1-17-7-2-3-9-8(4-7)14-11-6-18-12-10(16)5-19-13(12)15(9)11/h2-4,10,12-13,16H,5-6H2,1H3/t10-,12-,13+/m1/s1. The molecule has 3 heterocycles. The van der Waals surface area contributed by atoms with Crippen LogP contribution in [0.25, 0.3) is 11.0 Å². The molecule has 4 rings (SSSR count). The van der Waals surface area contributed by atoms with E-state index in [4.69, 9.17) is 14.2 Å². The first-order valence-corrected chi connectivity index (χ1v) is 6.24. The molecule has 19 heavy (non-hydrogen) atoms. The number of aliphatic hydroxyl groups is 1. The molecule has 1 saturated heterocycles. The largest absolute Gasteiger partial charge is 0.497 e. The van der Waals surface area contributed by atoms with Crippen LogP contribution in [0, 0.1) is 0 Å². The van der Waals surface area contributed by atoms with Gasteiger partial charge < -0.3 is 19.3 Å². The number of rotatable bonds is 1. The molecule has 0 spiro atoms. The van der Waals surface area contributed by atoms with E-state index in [9.17, 15) is 5.11 Å². The van der Waals surface area contributed by atoms with Gasteiger partial charge in [-0.1, -0.05) is 0 Å². The number of methoxy groups -OCH3 is 1. The number of aromatic nitrogens is 2. The molecule has 2 aliphatic heterocycles. The van der Waals surface area contributed by atoms with Gasteiger partial charge in [0.2, 0.25) is 0 Å². The molecule has 2 aromatic rings. The number of ether oxygens (including phenoxy) is 3. The first-order chi connectivity index (χ1) is 9.28. The lowest BCUT2D eigenvalue weighted by molar-refractivity contribution is -0.0969. The number of fused-ring (bicyclic) bond motifs is 5. The molecule has 2 aliphatic rings. The van der Waals surface area contributed by atoms with E-state index in [0.717, 1.165) is 22.6 Å². The highest BCUT2D eigenvalue weighted by Gasteiger charge is 2.43.